The zero-order valence-electron chi connectivity index (χ0n) is 16.7. The number of ether oxygens (including phenoxy) is 2. The molecule has 0 aliphatic carbocycles. The van der Waals surface area contributed by atoms with Crippen molar-refractivity contribution in [3.8, 4) is 11.5 Å². The van der Waals surface area contributed by atoms with Crippen LogP contribution in [0.3, 0.4) is 0 Å². The van der Waals surface area contributed by atoms with Crippen molar-refractivity contribution in [2.24, 2.45) is 11.1 Å². The lowest BCUT2D eigenvalue weighted by atomic mass is 9.90. The van der Waals surface area contributed by atoms with Gasteiger partial charge in [-0.1, -0.05) is 6.92 Å². The van der Waals surface area contributed by atoms with E-state index in [-0.39, 0.29) is 16.9 Å². The summed E-state index contributed by atoms with van der Waals surface area (Å²) in [5, 5.41) is 0.463. The second-order valence-corrected chi connectivity index (χ2v) is 7.65. The number of aromatic nitrogens is 2. The maximum absolute atomic E-state index is 12.8. The SMILES string of the molecule is COc1cc2ncn(CCCC(=O)N3CCC(C)(CN)C3)c(=O)c2cc1OC. The van der Waals surface area contributed by atoms with Crippen LogP contribution in [-0.4, -0.2) is 54.2 Å². The van der Waals surface area contributed by atoms with Gasteiger partial charge >= 0.3 is 0 Å². The Morgan fingerprint density at radius 2 is 2.00 bits per heavy atom. The molecule has 2 heterocycles. The predicted molar refractivity (Wildman–Crippen MR) is 107 cm³/mol. The summed E-state index contributed by atoms with van der Waals surface area (Å²) in [7, 11) is 3.07. The van der Waals surface area contributed by atoms with Crippen molar-refractivity contribution in [1.82, 2.24) is 14.5 Å². The van der Waals surface area contributed by atoms with E-state index >= 15 is 0 Å². The van der Waals surface area contributed by atoms with Crippen LogP contribution in [0.2, 0.25) is 0 Å². The van der Waals surface area contributed by atoms with Gasteiger partial charge in [0.2, 0.25) is 5.91 Å². The van der Waals surface area contributed by atoms with Crippen LogP contribution < -0.4 is 20.8 Å². The van der Waals surface area contributed by atoms with E-state index in [2.05, 4.69) is 11.9 Å². The average Bonchev–Trinajstić information content (AvgIpc) is 3.11. The van der Waals surface area contributed by atoms with Crippen LogP contribution in [0, 0.1) is 5.41 Å². The maximum atomic E-state index is 12.8. The molecule has 8 heteroatoms. The molecule has 0 bridgehead atoms. The number of fused-ring (bicyclic) bond motifs is 1. The van der Waals surface area contributed by atoms with E-state index in [0.717, 1.165) is 13.0 Å². The summed E-state index contributed by atoms with van der Waals surface area (Å²) in [5.74, 6) is 1.13. The van der Waals surface area contributed by atoms with Crippen molar-refractivity contribution >= 4 is 16.8 Å². The number of aryl methyl sites for hydroxylation is 1. The van der Waals surface area contributed by atoms with Gasteiger partial charge in [-0.25, -0.2) is 4.98 Å². The summed E-state index contributed by atoms with van der Waals surface area (Å²) in [5.41, 5.74) is 6.22. The third-order valence-electron chi connectivity index (χ3n) is 5.52. The van der Waals surface area contributed by atoms with Crippen molar-refractivity contribution in [2.75, 3.05) is 33.9 Å². The molecule has 0 saturated carbocycles. The number of benzene rings is 1. The van der Waals surface area contributed by atoms with Gasteiger partial charge in [-0.2, -0.15) is 0 Å². The highest BCUT2D eigenvalue weighted by molar-refractivity contribution is 5.81. The monoisotopic (exact) mass is 388 g/mol. The number of rotatable bonds is 7. The highest BCUT2D eigenvalue weighted by atomic mass is 16.5. The first-order chi connectivity index (χ1) is 13.4. The molecule has 1 aliphatic rings. The van der Waals surface area contributed by atoms with E-state index in [1.807, 2.05) is 4.90 Å². The van der Waals surface area contributed by atoms with Gasteiger partial charge in [-0.3, -0.25) is 14.2 Å². The van der Waals surface area contributed by atoms with Gasteiger partial charge in [0.05, 0.1) is 31.4 Å². The smallest absolute Gasteiger partial charge is 0.261 e. The lowest BCUT2D eigenvalue weighted by Crippen LogP contribution is -2.34. The summed E-state index contributed by atoms with van der Waals surface area (Å²) in [6.07, 6.45) is 3.43. The minimum atomic E-state index is -0.157. The van der Waals surface area contributed by atoms with E-state index in [0.29, 0.717) is 54.9 Å². The van der Waals surface area contributed by atoms with Gasteiger partial charge in [-0.15, -0.1) is 0 Å². The normalized spacial score (nSPS) is 19.2. The number of nitrogens with zero attached hydrogens (tertiary/aromatic N) is 3. The molecule has 0 spiro atoms. The number of nitrogens with two attached hydrogens (primary N) is 1. The number of hydrogen-bond donors (Lipinski definition) is 1. The number of methoxy groups -OCH3 is 2. The highest BCUT2D eigenvalue weighted by Crippen LogP contribution is 2.30. The van der Waals surface area contributed by atoms with Gasteiger partial charge in [0.25, 0.3) is 5.56 Å². The molecule has 152 valence electrons. The number of carbonyl (C=O) groups excluding carboxylic acids is 1. The molecule has 8 nitrogen and oxygen atoms in total. The summed E-state index contributed by atoms with van der Waals surface area (Å²) in [6, 6.07) is 3.33. The quantitative estimate of drug-likeness (QED) is 0.769. The number of carbonyl (C=O) groups is 1. The fraction of sp³-hybridized carbons (Fsp3) is 0.550. The summed E-state index contributed by atoms with van der Waals surface area (Å²) in [4.78, 5) is 31.4. The molecule has 1 atom stereocenters. The lowest BCUT2D eigenvalue weighted by Gasteiger charge is -2.22. The standard InChI is InChI=1S/C20H28N4O4/c1-20(11-21)6-8-23(12-20)18(25)5-4-7-24-13-22-15-10-17(28-3)16(27-2)9-14(15)19(24)26/h9-10,13H,4-8,11-12,21H2,1-3H3. The van der Waals surface area contributed by atoms with Gasteiger partial charge in [0, 0.05) is 32.1 Å². The van der Waals surface area contributed by atoms with Crippen LogP contribution in [0.25, 0.3) is 10.9 Å². The Morgan fingerprint density at radius 3 is 2.64 bits per heavy atom. The van der Waals surface area contributed by atoms with Crippen molar-refractivity contribution < 1.29 is 14.3 Å². The Kier molecular flexibility index (Phi) is 5.88. The van der Waals surface area contributed by atoms with E-state index < -0.39 is 0 Å². The second-order valence-electron chi connectivity index (χ2n) is 7.65. The summed E-state index contributed by atoms with van der Waals surface area (Å²) < 4.78 is 12.1. The molecule has 1 aromatic heterocycles. The molecular weight excluding hydrogens is 360 g/mol. The highest BCUT2D eigenvalue weighted by Gasteiger charge is 2.34. The van der Waals surface area contributed by atoms with Crippen molar-refractivity contribution in [3.05, 3.63) is 28.8 Å². The molecule has 1 aromatic carbocycles. The number of likely N-dealkylation sites (tertiary alicyclic amines) is 1. The van der Waals surface area contributed by atoms with Gasteiger partial charge in [-0.05, 0) is 30.9 Å². The van der Waals surface area contributed by atoms with Crippen molar-refractivity contribution in [1.29, 1.82) is 0 Å². The molecule has 1 unspecified atom stereocenters. The Bertz CT molecular complexity index is 926. The molecule has 2 aromatic rings. The molecule has 2 N–H and O–H groups in total. The number of amides is 1. The second kappa shape index (κ2) is 8.18. The molecule has 3 rings (SSSR count). The zero-order chi connectivity index (χ0) is 20.3. The molecule has 28 heavy (non-hydrogen) atoms. The summed E-state index contributed by atoms with van der Waals surface area (Å²) in [6.45, 7) is 4.60. The van der Waals surface area contributed by atoms with Gasteiger partial charge in [0.15, 0.2) is 11.5 Å². The fourth-order valence-electron chi connectivity index (χ4n) is 3.61. The zero-order valence-corrected chi connectivity index (χ0v) is 16.7. The van der Waals surface area contributed by atoms with Crippen LogP contribution in [0.1, 0.15) is 26.2 Å². The van der Waals surface area contributed by atoms with Crippen molar-refractivity contribution in [2.45, 2.75) is 32.7 Å². The van der Waals surface area contributed by atoms with Crippen LogP contribution in [0.15, 0.2) is 23.3 Å². The lowest BCUT2D eigenvalue weighted by molar-refractivity contribution is -0.130. The fourth-order valence-corrected chi connectivity index (χ4v) is 3.61. The van der Waals surface area contributed by atoms with E-state index in [4.69, 9.17) is 15.2 Å². The largest absolute Gasteiger partial charge is 0.493 e. The summed E-state index contributed by atoms with van der Waals surface area (Å²) >= 11 is 0. The maximum Gasteiger partial charge on any atom is 0.261 e. The topological polar surface area (TPSA) is 99.7 Å². The molecule has 1 aliphatic heterocycles. The molecule has 1 saturated heterocycles. The molecule has 1 amide bonds. The number of hydrogen-bond acceptors (Lipinski definition) is 6. The minimum Gasteiger partial charge on any atom is -0.493 e. The van der Waals surface area contributed by atoms with Crippen molar-refractivity contribution in [3.63, 3.8) is 0 Å². The van der Waals surface area contributed by atoms with E-state index in [1.54, 1.807) is 19.2 Å². The Labute approximate surface area is 164 Å². The first-order valence-electron chi connectivity index (χ1n) is 9.50. The third kappa shape index (κ3) is 3.96. The van der Waals surface area contributed by atoms with Crippen LogP contribution >= 0.6 is 0 Å². The molecular formula is C20H28N4O4. The van der Waals surface area contributed by atoms with Crippen LogP contribution in [-0.2, 0) is 11.3 Å². The Balaban J connectivity index is 1.67. The Hall–Kier alpha value is -2.61. The Morgan fingerprint density at radius 1 is 1.29 bits per heavy atom. The molecule has 0 radical (unpaired) electrons. The minimum absolute atomic E-state index is 0.0228. The van der Waals surface area contributed by atoms with E-state index in [9.17, 15) is 9.59 Å². The average molecular weight is 388 g/mol. The van der Waals surface area contributed by atoms with Crippen LogP contribution in [0.4, 0.5) is 0 Å². The third-order valence-corrected chi connectivity index (χ3v) is 5.52. The van der Waals surface area contributed by atoms with Gasteiger partial charge in [0.1, 0.15) is 0 Å². The van der Waals surface area contributed by atoms with Crippen LogP contribution in [0.5, 0.6) is 11.5 Å². The van der Waals surface area contributed by atoms with Gasteiger partial charge < -0.3 is 20.1 Å². The molecule has 1 fully saturated rings. The first kappa shape index (κ1) is 20.1. The predicted octanol–water partition coefficient (Wildman–Crippen LogP) is 1.39. The van der Waals surface area contributed by atoms with E-state index in [1.165, 1.54) is 18.0 Å². The first-order valence-corrected chi connectivity index (χ1v) is 9.50.